The largest absolute Gasteiger partial charge is 0.480 e. The van der Waals surface area contributed by atoms with E-state index in [1.807, 2.05) is 20.1 Å². The molecular formula is C19H36N4O5S. The third-order valence-electron chi connectivity index (χ3n) is 4.78. The zero-order valence-electron chi connectivity index (χ0n) is 18.2. The number of carboxylic acid groups (broad SMARTS) is 1. The molecule has 0 spiro atoms. The topological polar surface area (TPSA) is 151 Å². The molecule has 0 aliphatic heterocycles. The fourth-order valence-electron chi connectivity index (χ4n) is 2.44. The van der Waals surface area contributed by atoms with Gasteiger partial charge in [0.05, 0.1) is 6.04 Å². The molecule has 10 heteroatoms. The van der Waals surface area contributed by atoms with Crippen molar-refractivity contribution in [2.75, 3.05) is 12.0 Å². The van der Waals surface area contributed by atoms with Gasteiger partial charge in [-0.05, 0) is 37.2 Å². The average molecular weight is 433 g/mol. The fourth-order valence-corrected chi connectivity index (χ4v) is 2.91. The van der Waals surface area contributed by atoms with Gasteiger partial charge in [0.15, 0.2) is 0 Å². The number of hydrogen-bond acceptors (Lipinski definition) is 6. The second-order valence-electron chi connectivity index (χ2n) is 7.55. The van der Waals surface area contributed by atoms with Crippen molar-refractivity contribution in [3.05, 3.63) is 0 Å². The number of thioether (sulfide) groups is 1. The Kier molecular flexibility index (Phi) is 12.6. The van der Waals surface area contributed by atoms with Crippen LogP contribution in [0.3, 0.4) is 0 Å². The highest BCUT2D eigenvalue weighted by Gasteiger charge is 2.31. The zero-order chi connectivity index (χ0) is 22.7. The molecule has 168 valence electrons. The Balaban J connectivity index is 5.25. The highest BCUT2D eigenvalue weighted by atomic mass is 32.2. The van der Waals surface area contributed by atoms with Gasteiger partial charge >= 0.3 is 5.97 Å². The van der Waals surface area contributed by atoms with Crippen LogP contribution in [-0.4, -0.2) is 65.0 Å². The number of amides is 3. The molecule has 5 unspecified atom stereocenters. The predicted molar refractivity (Wildman–Crippen MR) is 114 cm³/mol. The Morgan fingerprint density at radius 1 is 0.966 bits per heavy atom. The van der Waals surface area contributed by atoms with Gasteiger partial charge in [0.2, 0.25) is 17.7 Å². The number of carbonyl (C=O) groups is 4. The first-order valence-corrected chi connectivity index (χ1v) is 11.2. The van der Waals surface area contributed by atoms with Crippen molar-refractivity contribution < 1.29 is 24.3 Å². The van der Waals surface area contributed by atoms with Gasteiger partial charge in [-0.2, -0.15) is 11.8 Å². The lowest BCUT2D eigenvalue weighted by Gasteiger charge is -2.27. The Hall–Kier alpha value is -1.81. The van der Waals surface area contributed by atoms with Gasteiger partial charge in [-0.15, -0.1) is 0 Å². The maximum Gasteiger partial charge on any atom is 0.325 e. The van der Waals surface area contributed by atoms with Crippen LogP contribution >= 0.6 is 11.8 Å². The summed E-state index contributed by atoms with van der Waals surface area (Å²) in [6, 6.07) is -3.58. The molecule has 0 saturated carbocycles. The molecule has 0 heterocycles. The van der Waals surface area contributed by atoms with Crippen molar-refractivity contribution in [3.8, 4) is 0 Å². The fraction of sp³-hybridized carbons (Fsp3) is 0.789. The highest BCUT2D eigenvalue weighted by Crippen LogP contribution is 2.09. The lowest BCUT2D eigenvalue weighted by atomic mass is 9.97. The number of carbonyl (C=O) groups excluding carboxylic acids is 3. The number of rotatable bonds is 13. The van der Waals surface area contributed by atoms with Crippen LogP contribution in [0.4, 0.5) is 0 Å². The van der Waals surface area contributed by atoms with E-state index in [0.29, 0.717) is 12.2 Å². The van der Waals surface area contributed by atoms with E-state index in [0.717, 1.165) is 6.42 Å². The van der Waals surface area contributed by atoms with E-state index < -0.39 is 47.9 Å². The lowest BCUT2D eigenvalue weighted by molar-refractivity contribution is -0.141. The number of carboxylic acids is 1. The van der Waals surface area contributed by atoms with Gasteiger partial charge in [-0.1, -0.05) is 34.1 Å². The van der Waals surface area contributed by atoms with Crippen LogP contribution in [0, 0.1) is 11.8 Å². The van der Waals surface area contributed by atoms with Crippen molar-refractivity contribution in [3.63, 3.8) is 0 Å². The minimum Gasteiger partial charge on any atom is -0.480 e. The third kappa shape index (κ3) is 9.49. The highest BCUT2D eigenvalue weighted by molar-refractivity contribution is 7.98. The molecule has 0 fully saturated rings. The molecule has 3 amide bonds. The Labute approximate surface area is 177 Å². The van der Waals surface area contributed by atoms with E-state index in [4.69, 9.17) is 10.8 Å². The van der Waals surface area contributed by atoms with Gasteiger partial charge in [-0.25, -0.2) is 0 Å². The van der Waals surface area contributed by atoms with Gasteiger partial charge in [0.1, 0.15) is 18.1 Å². The molecule has 0 bridgehead atoms. The van der Waals surface area contributed by atoms with Gasteiger partial charge in [0, 0.05) is 0 Å². The Bertz CT molecular complexity index is 573. The van der Waals surface area contributed by atoms with Crippen molar-refractivity contribution in [1.29, 1.82) is 0 Å². The minimum atomic E-state index is -1.17. The Morgan fingerprint density at radius 3 is 2.00 bits per heavy atom. The average Bonchev–Trinajstić information content (AvgIpc) is 2.66. The molecule has 0 saturated heterocycles. The number of nitrogens with one attached hydrogen (secondary N) is 3. The molecule has 0 aliphatic rings. The quantitative estimate of drug-likeness (QED) is 0.281. The van der Waals surface area contributed by atoms with Gasteiger partial charge < -0.3 is 26.8 Å². The summed E-state index contributed by atoms with van der Waals surface area (Å²) in [5.41, 5.74) is 5.95. The normalized spacial score (nSPS) is 16.3. The Morgan fingerprint density at radius 2 is 1.55 bits per heavy atom. The van der Waals surface area contributed by atoms with Crippen LogP contribution in [0.2, 0.25) is 0 Å². The summed E-state index contributed by atoms with van der Waals surface area (Å²) in [5.74, 6) is -2.34. The molecule has 6 N–H and O–H groups in total. The van der Waals surface area contributed by atoms with Crippen molar-refractivity contribution in [2.24, 2.45) is 17.6 Å². The molecule has 0 rings (SSSR count). The van der Waals surface area contributed by atoms with Crippen LogP contribution in [0.15, 0.2) is 0 Å². The molecule has 0 aromatic carbocycles. The zero-order valence-corrected chi connectivity index (χ0v) is 19.0. The summed E-state index contributed by atoms with van der Waals surface area (Å²) in [4.78, 5) is 48.7. The summed E-state index contributed by atoms with van der Waals surface area (Å²) in [7, 11) is 0. The maximum absolute atomic E-state index is 12.8. The van der Waals surface area contributed by atoms with E-state index in [2.05, 4.69) is 16.0 Å². The van der Waals surface area contributed by atoms with Crippen LogP contribution < -0.4 is 21.7 Å². The number of hydrogen-bond donors (Lipinski definition) is 5. The first-order valence-electron chi connectivity index (χ1n) is 9.84. The molecule has 5 atom stereocenters. The van der Waals surface area contributed by atoms with Crippen molar-refractivity contribution >= 4 is 35.5 Å². The summed E-state index contributed by atoms with van der Waals surface area (Å²) in [6.07, 6.45) is 2.92. The summed E-state index contributed by atoms with van der Waals surface area (Å²) < 4.78 is 0. The molecule has 0 aromatic rings. The van der Waals surface area contributed by atoms with E-state index in [-0.39, 0.29) is 11.8 Å². The number of nitrogens with two attached hydrogens (primary N) is 1. The van der Waals surface area contributed by atoms with Crippen LogP contribution in [-0.2, 0) is 19.2 Å². The minimum absolute atomic E-state index is 0.0384. The molecule has 0 aromatic heterocycles. The molecule has 0 radical (unpaired) electrons. The second kappa shape index (κ2) is 13.4. The van der Waals surface area contributed by atoms with Crippen LogP contribution in [0.5, 0.6) is 0 Å². The summed E-state index contributed by atoms with van der Waals surface area (Å²) in [5, 5.41) is 16.7. The monoisotopic (exact) mass is 432 g/mol. The SMILES string of the molecule is CCC(C)C(N)C(=O)NC(C(=O)NC(CCSC)C(=O)NC(C)C(=O)O)C(C)C. The first-order chi connectivity index (χ1) is 13.5. The smallest absolute Gasteiger partial charge is 0.325 e. The van der Waals surface area contributed by atoms with Crippen molar-refractivity contribution in [1.82, 2.24) is 16.0 Å². The van der Waals surface area contributed by atoms with Crippen molar-refractivity contribution in [2.45, 2.75) is 71.6 Å². The van der Waals surface area contributed by atoms with E-state index >= 15 is 0 Å². The molecule has 29 heavy (non-hydrogen) atoms. The van der Waals surface area contributed by atoms with Gasteiger partial charge in [0.25, 0.3) is 0 Å². The summed E-state index contributed by atoms with van der Waals surface area (Å²) >= 11 is 1.50. The van der Waals surface area contributed by atoms with E-state index in [1.165, 1.54) is 18.7 Å². The van der Waals surface area contributed by atoms with Crippen LogP contribution in [0.25, 0.3) is 0 Å². The standard InChI is InChI=1S/C19H36N4O5S/c1-7-11(4)14(20)17(25)23-15(10(2)3)18(26)22-13(8-9-29-6)16(24)21-12(5)19(27)28/h10-15H,7-9,20H2,1-6H3,(H,21,24)(H,22,26)(H,23,25)(H,27,28). The first kappa shape index (κ1) is 27.2. The maximum atomic E-state index is 12.8. The van der Waals surface area contributed by atoms with Crippen LogP contribution in [0.1, 0.15) is 47.5 Å². The lowest BCUT2D eigenvalue weighted by Crippen LogP contribution is -2.58. The predicted octanol–water partition coefficient (Wildman–Crippen LogP) is 0.328. The molecule has 9 nitrogen and oxygen atoms in total. The second-order valence-corrected chi connectivity index (χ2v) is 8.54. The summed E-state index contributed by atoms with van der Waals surface area (Å²) in [6.45, 7) is 8.70. The number of aliphatic carboxylic acids is 1. The van der Waals surface area contributed by atoms with Gasteiger partial charge in [-0.3, -0.25) is 19.2 Å². The van der Waals surface area contributed by atoms with E-state index in [9.17, 15) is 19.2 Å². The van der Waals surface area contributed by atoms with E-state index in [1.54, 1.807) is 13.8 Å². The molecule has 0 aliphatic carbocycles. The molecular weight excluding hydrogens is 396 g/mol. The third-order valence-corrected chi connectivity index (χ3v) is 5.42.